The van der Waals surface area contributed by atoms with Crippen LogP contribution in [0, 0.1) is 6.92 Å². The van der Waals surface area contributed by atoms with Crippen molar-refractivity contribution in [1.29, 1.82) is 0 Å². The van der Waals surface area contributed by atoms with Gasteiger partial charge in [-0.2, -0.15) is 4.68 Å². The molecule has 2 rings (SSSR count). The van der Waals surface area contributed by atoms with E-state index >= 15 is 0 Å². The number of tetrazole rings is 1. The molecule has 16 heavy (non-hydrogen) atoms. The van der Waals surface area contributed by atoms with E-state index in [4.69, 9.17) is 5.73 Å². The molecule has 0 radical (unpaired) electrons. The van der Waals surface area contributed by atoms with Gasteiger partial charge in [-0.15, -0.1) is 5.10 Å². The lowest BCUT2D eigenvalue weighted by Crippen LogP contribution is -2.13. The van der Waals surface area contributed by atoms with Crippen LogP contribution in [0.5, 0.6) is 0 Å². The summed E-state index contributed by atoms with van der Waals surface area (Å²) in [4.78, 5) is 0. The van der Waals surface area contributed by atoms with Crippen LogP contribution in [0.2, 0.25) is 0 Å². The van der Waals surface area contributed by atoms with Crippen molar-refractivity contribution < 1.29 is 0 Å². The summed E-state index contributed by atoms with van der Waals surface area (Å²) in [5.41, 5.74) is 7.85. The number of halogens is 1. The maximum Gasteiger partial charge on any atom is 0.173 e. The van der Waals surface area contributed by atoms with Gasteiger partial charge in [0.1, 0.15) is 0 Å². The summed E-state index contributed by atoms with van der Waals surface area (Å²) in [6, 6.07) is 5.74. The zero-order valence-corrected chi connectivity index (χ0v) is 10.6. The molecule has 2 N–H and O–H groups in total. The molecule has 5 nitrogen and oxygen atoms in total. The maximum absolute atomic E-state index is 5.79. The molecule has 0 saturated heterocycles. The van der Waals surface area contributed by atoms with E-state index in [2.05, 4.69) is 31.5 Å². The second-order valence-electron chi connectivity index (χ2n) is 3.67. The Morgan fingerprint density at radius 3 is 2.81 bits per heavy atom. The highest BCUT2D eigenvalue weighted by atomic mass is 79.9. The molecule has 1 atom stereocenters. The van der Waals surface area contributed by atoms with Crippen LogP contribution in [0.15, 0.2) is 22.7 Å². The van der Waals surface area contributed by atoms with Crippen molar-refractivity contribution in [2.24, 2.45) is 5.73 Å². The van der Waals surface area contributed by atoms with Crippen molar-refractivity contribution in [3.63, 3.8) is 0 Å². The van der Waals surface area contributed by atoms with Gasteiger partial charge in [0.2, 0.25) is 0 Å². The molecule has 0 bridgehead atoms. The van der Waals surface area contributed by atoms with Gasteiger partial charge in [0, 0.05) is 4.47 Å². The van der Waals surface area contributed by atoms with Crippen LogP contribution in [0.3, 0.4) is 0 Å². The van der Waals surface area contributed by atoms with E-state index in [1.54, 1.807) is 4.68 Å². The van der Waals surface area contributed by atoms with Gasteiger partial charge < -0.3 is 5.73 Å². The van der Waals surface area contributed by atoms with E-state index in [1.165, 1.54) is 5.56 Å². The number of rotatable bonds is 2. The topological polar surface area (TPSA) is 69.6 Å². The summed E-state index contributed by atoms with van der Waals surface area (Å²) >= 11 is 3.48. The fourth-order valence-corrected chi connectivity index (χ4v) is 1.74. The van der Waals surface area contributed by atoms with E-state index in [0.29, 0.717) is 5.82 Å². The standard InChI is InChI=1S/C10H12BrN5/c1-6-3-4-8(5-9(6)11)16-10(7(2)12)13-14-15-16/h3-5,7H,12H2,1-2H3. The van der Waals surface area contributed by atoms with E-state index < -0.39 is 0 Å². The lowest BCUT2D eigenvalue weighted by atomic mass is 10.2. The van der Waals surface area contributed by atoms with Crippen molar-refractivity contribution in [2.45, 2.75) is 19.9 Å². The summed E-state index contributed by atoms with van der Waals surface area (Å²) in [6.07, 6.45) is 0. The van der Waals surface area contributed by atoms with Crippen molar-refractivity contribution in [1.82, 2.24) is 20.2 Å². The Morgan fingerprint density at radius 1 is 1.44 bits per heavy atom. The van der Waals surface area contributed by atoms with Gasteiger partial charge in [-0.25, -0.2) is 0 Å². The Kier molecular flexibility index (Phi) is 3.02. The van der Waals surface area contributed by atoms with Gasteiger partial charge in [0.25, 0.3) is 0 Å². The van der Waals surface area contributed by atoms with Crippen LogP contribution in [0.1, 0.15) is 24.4 Å². The second kappa shape index (κ2) is 4.31. The first-order valence-electron chi connectivity index (χ1n) is 4.90. The van der Waals surface area contributed by atoms with Gasteiger partial charge in [-0.05, 0) is 42.0 Å². The minimum atomic E-state index is -0.199. The number of hydrogen-bond acceptors (Lipinski definition) is 4. The molecule has 1 unspecified atom stereocenters. The van der Waals surface area contributed by atoms with Gasteiger partial charge in [0.15, 0.2) is 5.82 Å². The lowest BCUT2D eigenvalue weighted by molar-refractivity contribution is 0.688. The molecule has 1 aromatic heterocycles. The minimum absolute atomic E-state index is 0.199. The van der Waals surface area contributed by atoms with Gasteiger partial charge in [-0.3, -0.25) is 0 Å². The first kappa shape index (κ1) is 11.2. The number of nitrogens with two attached hydrogens (primary N) is 1. The molecule has 0 aliphatic heterocycles. The van der Waals surface area contributed by atoms with Gasteiger partial charge in [-0.1, -0.05) is 22.0 Å². The van der Waals surface area contributed by atoms with Crippen molar-refractivity contribution in [3.8, 4) is 5.69 Å². The number of benzene rings is 1. The first-order valence-corrected chi connectivity index (χ1v) is 5.69. The fraction of sp³-hybridized carbons (Fsp3) is 0.300. The molecular formula is C10H12BrN5. The molecule has 0 spiro atoms. The summed E-state index contributed by atoms with van der Waals surface area (Å²) in [6.45, 7) is 3.88. The Labute approximate surface area is 102 Å². The molecule has 1 aromatic carbocycles. The summed E-state index contributed by atoms with van der Waals surface area (Å²) in [7, 11) is 0. The van der Waals surface area contributed by atoms with E-state index in [9.17, 15) is 0 Å². The summed E-state index contributed by atoms with van der Waals surface area (Å²) in [5.74, 6) is 0.649. The Hall–Kier alpha value is -1.27. The van der Waals surface area contributed by atoms with Gasteiger partial charge >= 0.3 is 0 Å². The van der Waals surface area contributed by atoms with Crippen LogP contribution in [-0.2, 0) is 0 Å². The Morgan fingerprint density at radius 2 is 2.19 bits per heavy atom. The normalized spacial score (nSPS) is 12.8. The molecule has 0 fully saturated rings. The zero-order valence-electron chi connectivity index (χ0n) is 9.05. The lowest BCUT2D eigenvalue weighted by Gasteiger charge is -2.08. The van der Waals surface area contributed by atoms with Crippen molar-refractivity contribution in [2.75, 3.05) is 0 Å². The van der Waals surface area contributed by atoms with E-state index in [0.717, 1.165) is 10.2 Å². The fourth-order valence-electron chi connectivity index (χ4n) is 1.38. The molecule has 6 heteroatoms. The molecular weight excluding hydrogens is 270 g/mol. The predicted octanol–water partition coefficient (Wildman–Crippen LogP) is 1.75. The van der Waals surface area contributed by atoms with Crippen molar-refractivity contribution in [3.05, 3.63) is 34.1 Å². The van der Waals surface area contributed by atoms with Crippen LogP contribution in [0.25, 0.3) is 5.69 Å². The molecule has 0 aliphatic rings. The molecule has 0 saturated carbocycles. The molecule has 1 heterocycles. The van der Waals surface area contributed by atoms with E-state index in [-0.39, 0.29) is 6.04 Å². The minimum Gasteiger partial charge on any atom is -0.321 e. The van der Waals surface area contributed by atoms with Gasteiger partial charge in [0.05, 0.1) is 11.7 Å². The van der Waals surface area contributed by atoms with Crippen molar-refractivity contribution >= 4 is 15.9 Å². The molecule has 0 amide bonds. The molecule has 0 aliphatic carbocycles. The highest BCUT2D eigenvalue weighted by molar-refractivity contribution is 9.10. The van der Waals surface area contributed by atoms with Crippen LogP contribution in [0.4, 0.5) is 0 Å². The number of nitrogens with zero attached hydrogens (tertiary/aromatic N) is 4. The first-order chi connectivity index (χ1) is 7.59. The Bertz CT molecular complexity index is 506. The zero-order chi connectivity index (χ0) is 11.7. The maximum atomic E-state index is 5.79. The van der Waals surface area contributed by atoms with Crippen LogP contribution in [-0.4, -0.2) is 20.2 Å². The molecule has 2 aromatic rings. The quantitative estimate of drug-likeness (QED) is 0.911. The number of aryl methyl sites for hydroxylation is 1. The highest BCUT2D eigenvalue weighted by Crippen LogP contribution is 2.20. The third-order valence-electron chi connectivity index (χ3n) is 2.30. The predicted molar refractivity (Wildman–Crippen MR) is 64.2 cm³/mol. The van der Waals surface area contributed by atoms with Crippen LogP contribution >= 0.6 is 15.9 Å². The third kappa shape index (κ3) is 1.98. The average molecular weight is 282 g/mol. The number of hydrogen-bond donors (Lipinski definition) is 1. The number of aromatic nitrogens is 4. The van der Waals surface area contributed by atoms with Crippen LogP contribution < -0.4 is 5.73 Å². The SMILES string of the molecule is Cc1ccc(-n2nnnc2C(C)N)cc1Br. The summed E-state index contributed by atoms with van der Waals surface area (Å²) < 4.78 is 2.67. The summed E-state index contributed by atoms with van der Waals surface area (Å²) in [5, 5.41) is 11.5. The second-order valence-corrected chi connectivity index (χ2v) is 4.53. The third-order valence-corrected chi connectivity index (χ3v) is 3.16. The monoisotopic (exact) mass is 281 g/mol. The Balaban J connectivity index is 2.50. The smallest absolute Gasteiger partial charge is 0.173 e. The highest BCUT2D eigenvalue weighted by Gasteiger charge is 2.12. The largest absolute Gasteiger partial charge is 0.321 e. The average Bonchev–Trinajstić information content (AvgIpc) is 2.71. The molecule has 84 valence electrons. The van der Waals surface area contributed by atoms with E-state index in [1.807, 2.05) is 32.0 Å².